The number of nitrogens with zero attached hydrogens (tertiary/aromatic N) is 5. The summed E-state index contributed by atoms with van der Waals surface area (Å²) >= 11 is 3.53. The van der Waals surface area contributed by atoms with E-state index in [1.54, 1.807) is 23.6 Å². The fourth-order valence-corrected chi connectivity index (χ4v) is 5.11. The molecule has 0 saturated heterocycles. The Bertz CT molecular complexity index is 1840. The fourth-order valence-electron chi connectivity index (χ4n) is 4.75. The van der Waals surface area contributed by atoms with Gasteiger partial charge in [-0.05, 0) is 67.4 Å². The third-order valence-electron chi connectivity index (χ3n) is 6.58. The van der Waals surface area contributed by atoms with E-state index in [-0.39, 0.29) is 6.54 Å². The summed E-state index contributed by atoms with van der Waals surface area (Å²) in [5, 5.41) is 6.15. The Balaban J connectivity index is 1.42. The molecular weight excluding hydrogens is 532 g/mol. The number of hydrogen-bond acceptors (Lipinski definition) is 6. The molecule has 5 aromatic rings. The average Bonchev–Trinajstić information content (AvgIpc) is 3.35. The topological polar surface area (TPSA) is 106 Å². The molecule has 0 aliphatic carbocycles. The second-order valence-corrected chi connectivity index (χ2v) is 9.87. The van der Waals surface area contributed by atoms with Gasteiger partial charge < -0.3 is 10.3 Å². The van der Waals surface area contributed by atoms with Crippen molar-refractivity contribution in [3.63, 3.8) is 0 Å². The summed E-state index contributed by atoms with van der Waals surface area (Å²) in [7, 11) is 0. The van der Waals surface area contributed by atoms with Gasteiger partial charge in [0.2, 0.25) is 0 Å². The maximum Gasteiger partial charge on any atom is 0.283 e. The molecule has 3 aromatic carbocycles. The zero-order valence-electron chi connectivity index (χ0n) is 20.1. The number of hydrazone groups is 1. The van der Waals surface area contributed by atoms with Crippen LogP contribution in [0.4, 0.5) is 5.69 Å². The van der Waals surface area contributed by atoms with Crippen LogP contribution in [-0.4, -0.2) is 37.1 Å². The number of nitrogen functional groups attached to an aromatic ring is 1. The van der Waals surface area contributed by atoms with Crippen molar-refractivity contribution < 1.29 is 9.59 Å². The second-order valence-electron chi connectivity index (χ2n) is 8.95. The molecule has 0 bridgehead atoms. The maximum atomic E-state index is 13.5. The summed E-state index contributed by atoms with van der Waals surface area (Å²) in [5.74, 6) is -0.905. The predicted octanol–water partition coefficient (Wildman–Crippen LogP) is 5.30. The number of aromatic nitrogens is 3. The van der Waals surface area contributed by atoms with Crippen LogP contribution in [0, 0.1) is 0 Å². The second kappa shape index (κ2) is 8.63. The standard InChI is InChI=1S/C28H21BrN6O2/c1-15(17-7-10-19(30)11-8-17)25-16(2)33-35(28(25)37)24(36)14-34-23-12-9-18(29)13-20(23)26-27(34)32-22-6-4-3-5-21(22)31-26/h3-13H,14,30H2,1-2H3. The van der Waals surface area contributed by atoms with Crippen molar-refractivity contribution in [2.24, 2.45) is 5.10 Å². The van der Waals surface area contributed by atoms with E-state index in [2.05, 4.69) is 21.0 Å². The molecule has 2 N–H and O–H groups in total. The minimum Gasteiger partial charge on any atom is -0.399 e. The van der Waals surface area contributed by atoms with Gasteiger partial charge in [-0.2, -0.15) is 10.1 Å². The summed E-state index contributed by atoms with van der Waals surface area (Å²) in [6.45, 7) is 3.46. The first-order valence-electron chi connectivity index (χ1n) is 11.7. The summed E-state index contributed by atoms with van der Waals surface area (Å²) in [6, 6.07) is 20.6. The normalized spacial score (nSPS) is 15.2. The van der Waals surface area contributed by atoms with Crippen LogP contribution in [0.1, 0.15) is 19.4 Å². The number of benzene rings is 3. The van der Waals surface area contributed by atoms with E-state index in [4.69, 9.17) is 15.7 Å². The Morgan fingerprint density at radius 3 is 2.43 bits per heavy atom. The first-order chi connectivity index (χ1) is 17.8. The molecule has 9 heteroatoms. The van der Waals surface area contributed by atoms with E-state index in [0.717, 1.165) is 42.6 Å². The summed E-state index contributed by atoms with van der Waals surface area (Å²) < 4.78 is 2.69. The van der Waals surface area contributed by atoms with Crippen LogP contribution in [0.2, 0.25) is 0 Å². The smallest absolute Gasteiger partial charge is 0.283 e. The lowest BCUT2D eigenvalue weighted by Crippen LogP contribution is -2.32. The van der Waals surface area contributed by atoms with E-state index in [1.165, 1.54) is 0 Å². The Labute approximate surface area is 220 Å². The van der Waals surface area contributed by atoms with Crippen LogP contribution in [0.3, 0.4) is 0 Å². The van der Waals surface area contributed by atoms with Gasteiger partial charge in [0, 0.05) is 15.5 Å². The molecule has 3 heterocycles. The molecule has 8 nitrogen and oxygen atoms in total. The molecule has 182 valence electrons. The van der Waals surface area contributed by atoms with E-state index in [0.29, 0.717) is 28.1 Å². The minimum absolute atomic E-state index is 0.120. The molecule has 0 saturated carbocycles. The molecule has 2 aromatic heterocycles. The first-order valence-corrected chi connectivity index (χ1v) is 12.4. The van der Waals surface area contributed by atoms with Crippen LogP contribution >= 0.6 is 15.9 Å². The largest absolute Gasteiger partial charge is 0.399 e. The van der Waals surface area contributed by atoms with E-state index < -0.39 is 11.8 Å². The van der Waals surface area contributed by atoms with Crippen molar-refractivity contribution in [1.29, 1.82) is 0 Å². The highest BCUT2D eigenvalue weighted by atomic mass is 79.9. The van der Waals surface area contributed by atoms with E-state index in [9.17, 15) is 9.59 Å². The van der Waals surface area contributed by atoms with Crippen molar-refractivity contribution in [3.8, 4) is 0 Å². The Morgan fingerprint density at radius 2 is 1.70 bits per heavy atom. The number of para-hydroxylation sites is 2. The number of amides is 2. The van der Waals surface area contributed by atoms with E-state index in [1.807, 2.05) is 61.5 Å². The monoisotopic (exact) mass is 552 g/mol. The van der Waals surface area contributed by atoms with Crippen LogP contribution < -0.4 is 5.73 Å². The predicted molar refractivity (Wildman–Crippen MR) is 149 cm³/mol. The lowest BCUT2D eigenvalue weighted by atomic mass is 9.98. The third kappa shape index (κ3) is 3.79. The number of anilines is 1. The molecule has 0 fully saturated rings. The molecule has 1 aliphatic heterocycles. The number of halogens is 1. The van der Waals surface area contributed by atoms with Gasteiger partial charge in [0.25, 0.3) is 11.8 Å². The highest BCUT2D eigenvalue weighted by Crippen LogP contribution is 2.31. The Hall–Kier alpha value is -4.37. The SMILES string of the molecule is CC1=NN(C(=O)Cn2c3ccc(Br)cc3c3nc4ccccc4nc32)C(=O)C1=C(C)c1ccc(N)cc1. The quantitative estimate of drug-likeness (QED) is 0.241. The number of carbonyl (C=O) groups is 2. The van der Waals surface area contributed by atoms with Gasteiger partial charge in [0.15, 0.2) is 5.65 Å². The summed E-state index contributed by atoms with van der Waals surface area (Å²) in [6.07, 6.45) is 0. The lowest BCUT2D eigenvalue weighted by molar-refractivity contribution is -0.141. The van der Waals surface area contributed by atoms with Crippen molar-refractivity contribution in [2.75, 3.05) is 5.73 Å². The third-order valence-corrected chi connectivity index (χ3v) is 7.07. The highest BCUT2D eigenvalue weighted by molar-refractivity contribution is 9.10. The number of imide groups is 1. The molecule has 1 aliphatic rings. The number of hydrogen-bond donors (Lipinski definition) is 1. The van der Waals surface area contributed by atoms with Crippen molar-refractivity contribution in [3.05, 3.63) is 82.3 Å². The highest BCUT2D eigenvalue weighted by Gasteiger charge is 2.34. The minimum atomic E-state index is -0.457. The summed E-state index contributed by atoms with van der Waals surface area (Å²) in [4.78, 5) is 36.6. The Kier molecular flexibility index (Phi) is 5.38. The van der Waals surface area contributed by atoms with Crippen LogP contribution in [-0.2, 0) is 16.1 Å². The molecule has 0 radical (unpaired) electrons. The van der Waals surface area contributed by atoms with Gasteiger partial charge in [0.05, 0.1) is 27.8 Å². The molecule has 0 atom stereocenters. The molecule has 2 amide bonds. The lowest BCUT2D eigenvalue weighted by Gasteiger charge is -2.13. The number of fused-ring (bicyclic) bond motifs is 4. The zero-order valence-corrected chi connectivity index (χ0v) is 21.7. The van der Waals surface area contributed by atoms with Gasteiger partial charge in [0.1, 0.15) is 12.1 Å². The molecule has 0 spiro atoms. The zero-order chi connectivity index (χ0) is 25.8. The van der Waals surface area contributed by atoms with Crippen LogP contribution in [0.15, 0.2) is 81.9 Å². The molecular formula is C28H21BrN6O2. The van der Waals surface area contributed by atoms with Gasteiger partial charge >= 0.3 is 0 Å². The van der Waals surface area contributed by atoms with Gasteiger partial charge in [-0.25, -0.2) is 9.97 Å². The van der Waals surface area contributed by atoms with Gasteiger partial charge in [-0.1, -0.05) is 40.2 Å². The van der Waals surface area contributed by atoms with Crippen LogP contribution in [0.5, 0.6) is 0 Å². The van der Waals surface area contributed by atoms with Crippen molar-refractivity contribution >= 4 is 77.8 Å². The molecule has 0 unspecified atom stereocenters. The maximum absolute atomic E-state index is 13.5. The fraction of sp³-hybridized carbons (Fsp3) is 0.107. The molecule has 37 heavy (non-hydrogen) atoms. The van der Waals surface area contributed by atoms with Gasteiger partial charge in [-0.15, -0.1) is 0 Å². The number of allylic oxidation sites excluding steroid dienone is 1. The summed E-state index contributed by atoms with van der Waals surface area (Å²) in [5.41, 5.74) is 12.5. The average molecular weight is 553 g/mol. The number of rotatable bonds is 3. The number of nitrogens with two attached hydrogens (primary N) is 1. The van der Waals surface area contributed by atoms with Crippen molar-refractivity contribution in [2.45, 2.75) is 20.4 Å². The van der Waals surface area contributed by atoms with E-state index >= 15 is 0 Å². The first kappa shape index (κ1) is 23.1. The number of carbonyl (C=O) groups excluding carboxylic acids is 2. The molecule has 6 rings (SSSR count). The van der Waals surface area contributed by atoms with Crippen LogP contribution in [0.25, 0.3) is 38.7 Å². The Morgan fingerprint density at radius 1 is 1.00 bits per heavy atom. The van der Waals surface area contributed by atoms with Gasteiger partial charge in [-0.3, -0.25) is 9.59 Å². The van der Waals surface area contributed by atoms with Crippen molar-refractivity contribution in [1.82, 2.24) is 19.5 Å².